The van der Waals surface area contributed by atoms with Gasteiger partial charge in [0.2, 0.25) is 6.33 Å². The van der Waals surface area contributed by atoms with Crippen molar-refractivity contribution in [1.82, 2.24) is 9.47 Å². The second kappa shape index (κ2) is 5.31. The molecule has 0 saturated heterocycles. The molecule has 2 aliphatic rings. The Morgan fingerprint density at radius 3 is 2.71 bits per heavy atom. The molecule has 0 aromatic carbocycles. The molecule has 0 saturated carbocycles. The number of imide groups is 1. The highest BCUT2D eigenvalue weighted by Crippen LogP contribution is 2.28. The number of imidazole rings is 1. The van der Waals surface area contributed by atoms with E-state index < -0.39 is 0 Å². The normalized spacial score (nSPS) is 17.9. The average molecular weight is 286 g/mol. The molecular formula is C16H20N3O2+. The SMILES string of the molecule is Cc1c[n+](C)cn1CCCN1C(=O)C2=C(CCC=C2)C1=O. The van der Waals surface area contributed by atoms with E-state index in [0.29, 0.717) is 24.1 Å². The molecule has 0 fully saturated rings. The molecule has 0 radical (unpaired) electrons. The molecule has 110 valence electrons. The third-order valence-electron chi connectivity index (χ3n) is 4.10. The minimum atomic E-state index is -0.124. The smallest absolute Gasteiger partial charge is 0.261 e. The van der Waals surface area contributed by atoms with Gasteiger partial charge in [0.1, 0.15) is 11.9 Å². The summed E-state index contributed by atoms with van der Waals surface area (Å²) in [7, 11) is 1.99. The minimum absolute atomic E-state index is 0.0888. The van der Waals surface area contributed by atoms with E-state index in [1.165, 1.54) is 10.6 Å². The van der Waals surface area contributed by atoms with Crippen LogP contribution in [0.2, 0.25) is 0 Å². The molecule has 0 N–H and O–H groups in total. The lowest BCUT2D eigenvalue weighted by atomic mass is 10.00. The van der Waals surface area contributed by atoms with Crippen molar-refractivity contribution in [3.63, 3.8) is 0 Å². The van der Waals surface area contributed by atoms with Crippen LogP contribution in [-0.2, 0) is 23.2 Å². The Morgan fingerprint density at radius 1 is 1.24 bits per heavy atom. The maximum absolute atomic E-state index is 12.3. The van der Waals surface area contributed by atoms with Crippen LogP contribution in [0.5, 0.6) is 0 Å². The average Bonchev–Trinajstić information content (AvgIpc) is 2.91. The van der Waals surface area contributed by atoms with Crippen LogP contribution in [0.4, 0.5) is 0 Å². The van der Waals surface area contributed by atoms with Crippen molar-refractivity contribution >= 4 is 11.8 Å². The van der Waals surface area contributed by atoms with Crippen LogP contribution < -0.4 is 4.57 Å². The first-order chi connectivity index (χ1) is 10.1. The number of aromatic nitrogens is 2. The minimum Gasteiger partial charge on any atom is -0.274 e. The van der Waals surface area contributed by atoms with Crippen molar-refractivity contribution in [2.75, 3.05) is 6.54 Å². The lowest BCUT2D eigenvalue weighted by Crippen LogP contribution is -2.33. The topological polar surface area (TPSA) is 46.2 Å². The molecule has 0 bridgehead atoms. The van der Waals surface area contributed by atoms with Gasteiger partial charge in [-0.15, -0.1) is 0 Å². The van der Waals surface area contributed by atoms with Gasteiger partial charge in [-0.3, -0.25) is 14.5 Å². The highest BCUT2D eigenvalue weighted by Gasteiger charge is 2.36. The Bertz CT molecular complexity index is 667. The Morgan fingerprint density at radius 2 is 2.05 bits per heavy atom. The Hall–Kier alpha value is -2.17. The maximum atomic E-state index is 12.3. The molecule has 0 spiro atoms. The molecule has 21 heavy (non-hydrogen) atoms. The van der Waals surface area contributed by atoms with Gasteiger partial charge >= 0.3 is 0 Å². The first-order valence-electron chi connectivity index (χ1n) is 7.36. The Balaban J connectivity index is 1.62. The highest BCUT2D eigenvalue weighted by atomic mass is 16.2. The van der Waals surface area contributed by atoms with Crippen LogP contribution in [0, 0.1) is 6.92 Å². The van der Waals surface area contributed by atoms with E-state index in [9.17, 15) is 9.59 Å². The zero-order valence-corrected chi connectivity index (χ0v) is 12.5. The summed E-state index contributed by atoms with van der Waals surface area (Å²) in [6.07, 6.45) is 10.2. The number of carbonyl (C=O) groups excluding carboxylic acids is 2. The third kappa shape index (κ3) is 2.44. The fraction of sp³-hybridized carbons (Fsp3) is 0.438. The largest absolute Gasteiger partial charge is 0.274 e. The predicted octanol–water partition coefficient (Wildman–Crippen LogP) is 1.03. The number of amides is 2. The summed E-state index contributed by atoms with van der Waals surface area (Å²) in [6, 6.07) is 0. The molecule has 5 heteroatoms. The summed E-state index contributed by atoms with van der Waals surface area (Å²) in [5, 5.41) is 0. The molecule has 5 nitrogen and oxygen atoms in total. The van der Waals surface area contributed by atoms with Crippen molar-refractivity contribution in [1.29, 1.82) is 0 Å². The Labute approximate surface area is 124 Å². The third-order valence-corrected chi connectivity index (χ3v) is 4.10. The molecule has 1 aromatic rings. The molecule has 1 aromatic heterocycles. The van der Waals surface area contributed by atoms with E-state index in [-0.39, 0.29) is 11.8 Å². The predicted molar refractivity (Wildman–Crippen MR) is 77.1 cm³/mol. The van der Waals surface area contributed by atoms with E-state index in [2.05, 4.69) is 17.7 Å². The quantitative estimate of drug-likeness (QED) is 0.613. The van der Waals surface area contributed by atoms with E-state index in [1.54, 1.807) is 6.08 Å². The van der Waals surface area contributed by atoms with E-state index in [0.717, 1.165) is 19.4 Å². The number of hydrogen-bond acceptors (Lipinski definition) is 2. The number of aryl methyl sites for hydroxylation is 3. The van der Waals surface area contributed by atoms with Gasteiger partial charge in [0, 0.05) is 31.0 Å². The zero-order valence-electron chi connectivity index (χ0n) is 12.5. The highest BCUT2D eigenvalue weighted by molar-refractivity contribution is 6.20. The summed E-state index contributed by atoms with van der Waals surface area (Å²) < 4.78 is 4.14. The fourth-order valence-corrected chi connectivity index (χ4v) is 3.04. The van der Waals surface area contributed by atoms with Gasteiger partial charge in [-0.05, 0) is 12.8 Å². The monoisotopic (exact) mass is 286 g/mol. The standard InChI is InChI=1S/C16H20N3O2/c1-12-10-17(2)11-18(12)8-5-9-19-15(20)13-6-3-4-7-14(13)16(19)21/h3,6,10-11H,4-5,7-9H2,1-2H3/q+1. The lowest BCUT2D eigenvalue weighted by molar-refractivity contribution is -0.671. The van der Waals surface area contributed by atoms with Crippen LogP contribution in [0.1, 0.15) is 25.0 Å². The second-order valence-corrected chi connectivity index (χ2v) is 5.69. The molecular weight excluding hydrogens is 266 g/mol. The number of carbonyl (C=O) groups is 2. The van der Waals surface area contributed by atoms with Gasteiger partial charge in [0.05, 0.1) is 13.6 Å². The van der Waals surface area contributed by atoms with Gasteiger partial charge in [0.15, 0.2) is 0 Å². The van der Waals surface area contributed by atoms with Crippen molar-refractivity contribution in [3.05, 3.63) is 41.5 Å². The number of rotatable bonds is 4. The first-order valence-corrected chi connectivity index (χ1v) is 7.36. The molecule has 1 aliphatic carbocycles. The van der Waals surface area contributed by atoms with Crippen molar-refractivity contribution in [3.8, 4) is 0 Å². The van der Waals surface area contributed by atoms with Gasteiger partial charge < -0.3 is 0 Å². The molecule has 0 atom stereocenters. The molecule has 1 aliphatic heterocycles. The summed E-state index contributed by atoms with van der Waals surface area (Å²) >= 11 is 0. The number of allylic oxidation sites excluding steroid dienone is 1. The van der Waals surface area contributed by atoms with Crippen LogP contribution in [0.3, 0.4) is 0 Å². The van der Waals surface area contributed by atoms with Crippen LogP contribution >= 0.6 is 0 Å². The zero-order chi connectivity index (χ0) is 15.0. The van der Waals surface area contributed by atoms with Crippen LogP contribution in [-0.4, -0.2) is 27.8 Å². The lowest BCUT2D eigenvalue weighted by Gasteiger charge is -2.14. The molecule has 2 heterocycles. The fourth-order valence-electron chi connectivity index (χ4n) is 3.04. The Kier molecular flexibility index (Phi) is 3.49. The van der Waals surface area contributed by atoms with Gasteiger partial charge in [-0.25, -0.2) is 9.13 Å². The first kappa shape index (κ1) is 13.8. The van der Waals surface area contributed by atoms with Gasteiger partial charge in [0.25, 0.3) is 11.8 Å². The van der Waals surface area contributed by atoms with Crippen molar-refractivity contribution < 1.29 is 14.2 Å². The van der Waals surface area contributed by atoms with Crippen molar-refractivity contribution in [2.24, 2.45) is 7.05 Å². The number of nitrogens with zero attached hydrogens (tertiary/aromatic N) is 3. The molecule has 2 amide bonds. The summed E-state index contributed by atoms with van der Waals surface area (Å²) in [5.41, 5.74) is 2.48. The number of hydrogen-bond donors (Lipinski definition) is 0. The van der Waals surface area contributed by atoms with Crippen LogP contribution in [0.25, 0.3) is 0 Å². The van der Waals surface area contributed by atoms with E-state index >= 15 is 0 Å². The van der Waals surface area contributed by atoms with E-state index in [4.69, 9.17) is 0 Å². The van der Waals surface area contributed by atoms with Gasteiger partial charge in [-0.1, -0.05) is 12.2 Å². The maximum Gasteiger partial charge on any atom is 0.261 e. The molecule has 0 unspecified atom stereocenters. The van der Waals surface area contributed by atoms with Crippen molar-refractivity contribution in [2.45, 2.75) is 32.7 Å². The molecule has 3 rings (SSSR count). The van der Waals surface area contributed by atoms with Gasteiger partial charge in [-0.2, -0.15) is 0 Å². The summed E-state index contributed by atoms with van der Waals surface area (Å²) in [6.45, 7) is 3.35. The summed E-state index contributed by atoms with van der Waals surface area (Å²) in [5.74, 6) is -0.213. The van der Waals surface area contributed by atoms with Crippen LogP contribution in [0.15, 0.2) is 35.8 Å². The summed E-state index contributed by atoms with van der Waals surface area (Å²) in [4.78, 5) is 25.9. The van der Waals surface area contributed by atoms with E-state index in [1.807, 2.05) is 24.0 Å². The second-order valence-electron chi connectivity index (χ2n) is 5.69.